The molecule has 0 unspecified atom stereocenters. The smallest absolute Gasteiger partial charge is 0.187 e. The highest BCUT2D eigenvalue weighted by molar-refractivity contribution is 5.56. The monoisotopic (exact) mass is 308 g/mol. The predicted octanol–water partition coefficient (Wildman–Crippen LogP) is 3.79. The van der Waals surface area contributed by atoms with Gasteiger partial charge in [0.2, 0.25) is 0 Å². The Balaban J connectivity index is 2.66. The van der Waals surface area contributed by atoms with Crippen LogP contribution in [0.25, 0.3) is 0 Å². The van der Waals surface area contributed by atoms with E-state index in [0.29, 0.717) is 17.9 Å². The molecule has 0 amide bonds. The van der Waals surface area contributed by atoms with Gasteiger partial charge in [0.25, 0.3) is 0 Å². The first-order chi connectivity index (χ1) is 10.8. The molecular weight excluding hydrogens is 284 g/mol. The first kappa shape index (κ1) is 17.1. The van der Waals surface area contributed by atoms with E-state index in [0.717, 1.165) is 18.4 Å². The summed E-state index contributed by atoms with van der Waals surface area (Å²) < 4.78 is 0. The molecule has 0 aromatic carbocycles. The van der Waals surface area contributed by atoms with Crippen LogP contribution in [0.4, 0.5) is 0 Å². The Hall–Kier alpha value is -2.25. The number of rotatable bonds is 1. The van der Waals surface area contributed by atoms with Gasteiger partial charge in [-0.05, 0) is 42.1 Å². The second-order valence-corrected chi connectivity index (χ2v) is 7.75. The van der Waals surface area contributed by atoms with Crippen LogP contribution in [0.15, 0.2) is 22.9 Å². The van der Waals surface area contributed by atoms with Crippen LogP contribution in [-0.4, -0.2) is 0 Å². The van der Waals surface area contributed by atoms with E-state index in [-0.39, 0.29) is 22.9 Å². The summed E-state index contributed by atoms with van der Waals surface area (Å²) in [6.45, 7) is 8.66. The topological polar surface area (TPSA) is 97.4 Å². The zero-order valence-corrected chi connectivity index (χ0v) is 14.3. The molecule has 3 atom stereocenters. The SMILES string of the molecule is CC[C@H]1[C@@H]2C[C@H](C(C)(C)C)CC=C2C(C#N)=C(N)C1(C#N)C#N. The number of nitriles is 3. The molecule has 23 heavy (non-hydrogen) atoms. The molecule has 2 aliphatic rings. The van der Waals surface area contributed by atoms with Crippen molar-refractivity contribution in [2.45, 2.75) is 47.0 Å². The molecule has 0 aromatic heterocycles. The van der Waals surface area contributed by atoms with Crippen LogP contribution >= 0.6 is 0 Å². The summed E-state index contributed by atoms with van der Waals surface area (Å²) in [7, 11) is 0. The highest BCUT2D eigenvalue weighted by atomic mass is 14.7. The Morgan fingerprint density at radius 1 is 1.26 bits per heavy atom. The molecule has 0 heterocycles. The van der Waals surface area contributed by atoms with Gasteiger partial charge in [0.05, 0.1) is 23.4 Å². The van der Waals surface area contributed by atoms with E-state index in [1.54, 1.807) is 0 Å². The van der Waals surface area contributed by atoms with E-state index in [9.17, 15) is 15.8 Å². The summed E-state index contributed by atoms with van der Waals surface area (Å²) >= 11 is 0. The van der Waals surface area contributed by atoms with Crippen molar-refractivity contribution >= 4 is 0 Å². The Morgan fingerprint density at radius 2 is 1.87 bits per heavy atom. The van der Waals surface area contributed by atoms with Gasteiger partial charge >= 0.3 is 0 Å². The fourth-order valence-electron chi connectivity index (χ4n) is 4.21. The second kappa shape index (κ2) is 5.75. The lowest BCUT2D eigenvalue weighted by Gasteiger charge is -2.46. The van der Waals surface area contributed by atoms with E-state index in [4.69, 9.17) is 5.73 Å². The average Bonchev–Trinajstić information content (AvgIpc) is 2.52. The number of allylic oxidation sites excluding steroid dienone is 4. The molecule has 2 aliphatic carbocycles. The van der Waals surface area contributed by atoms with Crippen LogP contribution in [0.5, 0.6) is 0 Å². The van der Waals surface area contributed by atoms with Crippen molar-refractivity contribution in [2.24, 2.45) is 34.3 Å². The van der Waals surface area contributed by atoms with Gasteiger partial charge in [-0.2, -0.15) is 15.8 Å². The normalized spacial score (nSPS) is 29.6. The zero-order valence-electron chi connectivity index (χ0n) is 14.3. The van der Waals surface area contributed by atoms with E-state index >= 15 is 0 Å². The summed E-state index contributed by atoms with van der Waals surface area (Å²) in [5.41, 5.74) is 6.38. The maximum absolute atomic E-state index is 9.73. The third kappa shape index (κ3) is 2.42. The lowest BCUT2D eigenvalue weighted by molar-refractivity contribution is 0.141. The fraction of sp³-hybridized carbons (Fsp3) is 0.632. The minimum Gasteiger partial charge on any atom is -0.399 e. The van der Waals surface area contributed by atoms with Gasteiger partial charge in [-0.3, -0.25) is 0 Å². The maximum Gasteiger partial charge on any atom is 0.187 e. The van der Waals surface area contributed by atoms with E-state index in [2.05, 4.69) is 45.1 Å². The van der Waals surface area contributed by atoms with Crippen molar-refractivity contribution in [3.63, 3.8) is 0 Å². The molecule has 0 bridgehead atoms. The summed E-state index contributed by atoms with van der Waals surface area (Å²) in [5.74, 6) is 0.366. The van der Waals surface area contributed by atoms with Gasteiger partial charge in [0.1, 0.15) is 6.07 Å². The molecule has 4 nitrogen and oxygen atoms in total. The Bertz CT molecular complexity index is 671. The number of hydrogen-bond acceptors (Lipinski definition) is 4. The van der Waals surface area contributed by atoms with Crippen molar-refractivity contribution in [1.29, 1.82) is 15.8 Å². The van der Waals surface area contributed by atoms with Crippen LogP contribution in [0.3, 0.4) is 0 Å². The number of nitrogens with zero attached hydrogens (tertiary/aromatic N) is 3. The molecule has 0 spiro atoms. The van der Waals surface area contributed by atoms with Gasteiger partial charge < -0.3 is 5.73 Å². The largest absolute Gasteiger partial charge is 0.399 e. The third-order valence-corrected chi connectivity index (χ3v) is 5.71. The van der Waals surface area contributed by atoms with Crippen LogP contribution in [0, 0.1) is 62.6 Å². The van der Waals surface area contributed by atoms with Crippen LogP contribution in [0.2, 0.25) is 0 Å². The Kier molecular flexibility index (Phi) is 4.28. The van der Waals surface area contributed by atoms with Gasteiger partial charge in [-0.25, -0.2) is 0 Å². The molecule has 0 saturated carbocycles. The lowest BCUT2D eigenvalue weighted by Crippen LogP contribution is -2.45. The maximum atomic E-state index is 9.73. The zero-order chi connectivity index (χ0) is 17.4. The summed E-state index contributed by atoms with van der Waals surface area (Å²) in [5, 5.41) is 29.0. The molecule has 0 saturated heterocycles. The Morgan fingerprint density at radius 3 is 2.30 bits per heavy atom. The van der Waals surface area contributed by atoms with Crippen LogP contribution < -0.4 is 5.73 Å². The standard InChI is InChI=1S/C19H24N4/c1-5-16-14-8-12(18(2,3)4)6-7-13(14)15(9-20)17(23)19(16,10-21)11-22/h7,12,14,16H,5-6,8,23H2,1-4H3/t12-,14-,16+/m1/s1. The number of hydrogen-bond donors (Lipinski definition) is 1. The van der Waals surface area contributed by atoms with Crippen molar-refractivity contribution in [1.82, 2.24) is 0 Å². The number of nitrogens with two attached hydrogens (primary N) is 1. The van der Waals surface area contributed by atoms with E-state index in [1.165, 1.54) is 0 Å². The first-order valence-electron chi connectivity index (χ1n) is 8.20. The molecule has 0 aromatic rings. The summed E-state index contributed by atoms with van der Waals surface area (Å²) in [6.07, 6.45) is 4.63. The van der Waals surface area contributed by atoms with Crippen molar-refractivity contribution < 1.29 is 0 Å². The minimum absolute atomic E-state index is 0.0548. The van der Waals surface area contributed by atoms with Crippen molar-refractivity contribution in [3.8, 4) is 18.2 Å². The molecule has 0 aliphatic heterocycles. The van der Waals surface area contributed by atoms with E-state index < -0.39 is 5.41 Å². The van der Waals surface area contributed by atoms with Crippen LogP contribution in [-0.2, 0) is 0 Å². The quantitative estimate of drug-likeness (QED) is 0.796. The molecule has 2 rings (SSSR count). The van der Waals surface area contributed by atoms with E-state index in [1.807, 2.05) is 6.92 Å². The van der Waals surface area contributed by atoms with Crippen molar-refractivity contribution in [3.05, 3.63) is 22.9 Å². The highest BCUT2D eigenvalue weighted by Gasteiger charge is 2.53. The second-order valence-electron chi connectivity index (χ2n) is 7.75. The average molecular weight is 308 g/mol. The summed E-state index contributed by atoms with van der Waals surface area (Å²) in [6, 6.07) is 6.45. The predicted molar refractivity (Wildman–Crippen MR) is 88.0 cm³/mol. The Labute approximate surface area is 138 Å². The lowest BCUT2D eigenvalue weighted by atomic mass is 9.55. The molecule has 4 heteroatoms. The molecule has 0 fully saturated rings. The highest BCUT2D eigenvalue weighted by Crippen LogP contribution is 2.54. The molecule has 0 radical (unpaired) electrons. The summed E-state index contributed by atoms with van der Waals surface area (Å²) in [4.78, 5) is 0. The number of fused-ring (bicyclic) bond motifs is 1. The van der Waals surface area contributed by atoms with Crippen molar-refractivity contribution in [2.75, 3.05) is 0 Å². The minimum atomic E-state index is -1.39. The fourth-order valence-corrected chi connectivity index (χ4v) is 4.21. The molecular formula is C19H24N4. The van der Waals surface area contributed by atoms with Gasteiger partial charge in [0.15, 0.2) is 5.41 Å². The van der Waals surface area contributed by atoms with Gasteiger partial charge in [-0.15, -0.1) is 0 Å². The van der Waals surface area contributed by atoms with Crippen LogP contribution in [0.1, 0.15) is 47.0 Å². The van der Waals surface area contributed by atoms with Gasteiger partial charge in [-0.1, -0.05) is 33.8 Å². The molecule has 120 valence electrons. The third-order valence-electron chi connectivity index (χ3n) is 5.71. The molecule has 2 N–H and O–H groups in total. The van der Waals surface area contributed by atoms with Gasteiger partial charge in [0, 0.05) is 5.92 Å². The first-order valence-corrected chi connectivity index (χ1v) is 8.20.